The maximum absolute atomic E-state index is 13.2. The van der Waals surface area contributed by atoms with Gasteiger partial charge in [0.25, 0.3) is 5.91 Å². The lowest BCUT2D eigenvalue weighted by Gasteiger charge is -2.23. The lowest BCUT2D eigenvalue weighted by molar-refractivity contribution is 0.0914. The minimum absolute atomic E-state index is 0.00934. The highest BCUT2D eigenvalue weighted by atomic mass is 32.2. The van der Waals surface area contributed by atoms with E-state index in [0.29, 0.717) is 60.5 Å². The molecular formula is C23H26N6O5S2. The van der Waals surface area contributed by atoms with E-state index < -0.39 is 16.1 Å². The highest BCUT2D eigenvalue weighted by Crippen LogP contribution is 2.33. The molecule has 3 aromatic heterocycles. The zero-order valence-electron chi connectivity index (χ0n) is 19.6. The summed E-state index contributed by atoms with van der Waals surface area (Å²) in [6, 6.07) is 2.81. The second-order valence-corrected chi connectivity index (χ2v) is 11.6. The highest BCUT2D eigenvalue weighted by molar-refractivity contribution is 7.93. The largest absolute Gasteiger partial charge is 0.477 e. The predicted octanol–water partition coefficient (Wildman–Crippen LogP) is 2.81. The molecule has 1 amide bonds. The Kier molecular flexibility index (Phi) is 7.12. The number of nitrogens with one attached hydrogen (secondary N) is 2. The average Bonchev–Trinajstić information content (AvgIpc) is 3.38. The summed E-state index contributed by atoms with van der Waals surface area (Å²) in [5.41, 5.74) is 1.55. The minimum atomic E-state index is -3.42. The number of carbonyl (C=O) groups excluding carboxylic acids is 1. The summed E-state index contributed by atoms with van der Waals surface area (Å²) in [4.78, 5) is 31.2. The number of rotatable bonds is 10. The summed E-state index contributed by atoms with van der Waals surface area (Å²) < 4.78 is 38.4. The number of hydrogen-bond acceptors (Lipinski definition) is 10. The Labute approximate surface area is 212 Å². The lowest BCUT2D eigenvalue weighted by Crippen LogP contribution is -2.34. The van der Waals surface area contributed by atoms with Crippen LogP contribution in [0.1, 0.15) is 47.7 Å². The molecule has 1 aliphatic carbocycles. The molecule has 0 radical (unpaired) electrons. The van der Waals surface area contributed by atoms with Crippen LogP contribution >= 0.6 is 11.3 Å². The van der Waals surface area contributed by atoms with Crippen molar-refractivity contribution in [2.45, 2.75) is 37.5 Å². The van der Waals surface area contributed by atoms with Gasteiger partial charge < -0.3 is 14.8 Å². The Bertz CT molecular complexity index is 1340. The number of hydrogen-bond donors (Lipinski definition) is 2. The van der Waals surface area contributed by atoms with E-state index in [2.05, 4.69) is 30.0 Å². The monoisotopic (exact) mass is 530 g/mol. The quantitative estimate of drug-likeness (QED) is 0.404. The van der Waals surface area contributed by atoms with Crippen LogP contribution in [0.5, 0.6) is 5.88 Å². The molecule has 2 N–H and O–H groups in total. The molecule has 0 aromatic carbocycles. The van der Waals surface area contributed by atoms with E-state index in [-0.39, 0.29) is 22.1 Å². The Morgan fingerprint density at radius 1 is 1.25 bits per heavy atom. The standard InChI is InChI=1S/C23H26N6O5S2/c1-2-34-20-12-24-10-18(27-20)19-11-26-23(35-19)22(30)28-21(14-6-8-33-13-14)17-9-15(5-7-25-17)29-36(31,32)16-3-4-16/h5,7,9-12,14,16,21H,2-4,6,8,13H2,1H3,(H,25,29)(H,28,30)/t14-,21+/m0/s1. The molecule has 11 nitrogen and oxygen atoms in total. The molecule has 3 aromatic rings. The third-order valence-corrected chi connectivity index (χ3v) is 8.79. The molecule has 1 saturated heterocycles. The Hall–Kier alpha value is -3.16. The van der Waals surface area contributed by atoms with E-state index >= 15 is 0 Å². The van der Waals surface area contributed by atoms with Gasteiger partial charge in [-0.15, -0.1) is 11.3 Å². The normalized spacial score (nSPS) is 18.5. The molecule has 13 heteroatoms. The van der Waals surface area contributed by atoms with Crippen LogP contribution in [0.4, 0.5) is 5.69 Å². The number of ether oxygens (including phenoxy) is 2. The van der Waals surface area contributed by atoms with Crippen molar-refractivity contribution in [2.24, 2.45) is 5.92 Å². The fraction of sp³-hybridized carbons (Fsp3) is 0.435. The van der Waals surface area contributed by atoms with E-state index in [4.69, 9.17) is 9.47 Å². The summed E-state index contributed by atoms with van der Waals surface area (Å²) in [7, 11) is -3.42. The third-order valence-electron chi connectivity index (χ3n) is 5.90. The van der Waals surface area contributed by atoms with Gasteiger partial charge in [-0.1, -0.05) is 0 Å². The molecule has 0 spiro atoms. The fourth-order valence-electron chi connectivity index (χ4n) is 3.94. The van der Waals surface area contributed by atoms with Crippen LogP contribution in [0.15, 0.2) is 36.9 Å². The number of nitrogens with zero attached hydrogens (tertiary/aromatic N) is 4. The summed E-state index contributed by atoms with van der Waals surface area (Å²) in [6.07, 6.45) is 8.33. The number of pyridine rings is 1. The van der Waals surface area contributed by atoms with Gasteiger partial charge in [0.1, 0.15) is 5.69 Å². The minimum Gasteiger partial charge on any atom is -0.477 e. The number of anilines is 1. The molecule has 2 fully saturated rings. The first kappa shape index (κ1) is 24.5. The van der Waals surface area contributed by atoms with Gasteiger partial charge >= 0.3 is 0 Å². The van der Waals surface area contributed by atoms with Crippen LogP contribution in [-0.4, -0.2) is 59.3 Å². The fourth-order valence-corrected chi connectivity index (χ4v) is 6.09. The van der Waals surface area contributed by atoms with Crippen molar-refractivity contribution in [3.8, 4) is 16.5 Å². The van der Waals surface area contributed by atoms with Crippen LogP contribution in [0.2, 0.25) is 0 Å². The predicted molar refractivity (Wildman–Crippen MR) is 133 cm³/mol. The van der Waals surface area contributed by atoms with Gasteiger partial charge in [0.15, 0.2) is 5.01 Å². The van der Waals surface area contributed by atoms with Crippen LogP contribution in [0.25, 0.3) is 10.6 Å². The van der Waals surface area contributed by atoms with E-state index in [1.54, 1.807) is 30.7 Å². The van der Waals surface area contributed by atoms with Crippen molar-refractivity contribution >= 4 is 33.0 Å². The molecule has 5 rings (SSSR count). The second-order valence-electron chi connectivity index (χ2n) is 8.60. The van der Waals surface area contributed by atoms with Crippen LogP contribution in [-0.2, 0) is 14.8 Å². The number of carbonyl (C=O) groups is 1. The number of amides is 1. The van der Waals surface area contributed by atoms with Gasteiger partial charge in [0, 0.05) is 24.9 Å². The van der Waals surface area contributed by atoms with Crippen molar-refractivity contribution in [2.75, 3.05) is 24.5 Å². The second kappa shape index (κ2) is 10.4. The smallest absolute Gasteiger partial charge is 0.280 e. The van der Waals surface area contributed by atoms with E-state index in [1.165, 1.54) is 17.5 Å². The molecule has 0 unspecified atom stereocenters. The molecular weight excluding hydrogens is 504 g/mol. The van der Waals surface area contributed by atoms with Gasteiger partial charge in [-0.2, -0.15) is 0 Å². The first-order valence-electron chi connectivity index (χ1n) is 11.7. The van der Waals surface area contributed by atoms with Crippen LogP contribution in [0.3, 0.4) is 0 Å². The number of aromatic nitrogens is 4. The summed E-state index contributed by atoms with van der Waals surface area (Å²) >= 11 is 1.20. The molecule has 2 aliphatic rings. The molecule has 1 aliphatic heterocycles. The van der Waals surface area contributed by atoms with Gasteiger partial charge in [-0.25, -0.2) is 18.4 Å². The van der Waals surface area contributed by atoms with Crippen molar-refractivity contribution in [3.05, 3.63) is 47.6 Å². The Morgan fingerprint density at radius 3 is 2.86 bits per heavy atom. The van der Waals surface area contributed by atoms with Gasteiger partial charge in [-0.05, 0) is 38.3 Å². The summed E-state index contributed by atoms with van der Waals surface area (Å²) in [5, 5.41) is 2.97. The van der Waals surface area contributed by atoms with Gasteiger partial charge in [0.2, 0.25) is 15.9 Å². The first-order valence-corrected chi connectivity index (χ1v) is 14.1. The van der Waals surface area contributed by atoms with Crippen LogP contribution in [0, 0.1) is 5.92 Å². The summed E-state index contributed by atoms with van der Waals surface area (Å²) in [6.45, 7) is 3.38. The van der Waals surface area contributed by atoms with Crippen molar-refractivity contribution in [3.63, 3.8) is 0 Å². The first-order chi connectivity index (χ1) is 17.4. The summed E-state index contributed by atoms with van der Waals surface area (Å²) in [5.74, 6) is 0.0340. The molecule has 0 bridgehead atoms. The average molecular weight is 531 g/mol. The maximum atomic E-state index is 13.2. The van der Waals surface area contributed by atoms with Crippen molar-refractivity contribution < 1.29 is 22.7 Å². The SMILES string of the molecule is CCOc1cncc(-c2cnc(C(=O)N[C@@H](c3cc(NS(=O)(=O)C4CC4)ccn3)[C@H]3CCOC3)s2)n1. The third kappa shape index (κ3) is 5.63. The van der Waals surface area contributed by atoms with E-state index in [0.717, 1.165) is 6.42 Å². The van der Waals surface area contributed by atoms with Crippen molar-refractivity contribution in [1.82, 2.24) is 25.3 Å². The van der Waals surface area contributed by atoms with E-state index in [9.17, 15) is 13.2 Å². The van der Waals surface area contributed by atoms with Crippen molar-refractivity contribution in [1.29, 1.82) is 0 Å². The zero-order valence-corrected chi connectivity index (χ0v) is 21.2. The van der Waals surface area contributed by atoms with Gasteiger partial charge in [0.05, 0.1) is 53.2 Å². The number of sulfonamides is 1. The molecule has 36 heavy (non-hydrogen) atoms. The molecule has 190 valence electrons. The zero-order chi connectivity index (χ0) is 25.1. The van der Waals surface area contributed by atoms with E-state index in [1.807, 2.05) is 6.92 Å². The highest BCUT2D eigenvalue weighted by Gasteiger charge is 2.36. The van der Waals surface area contributed by atoms with Crippen LogP contribution < -0.4 is 14.8 Å². The topological polar surface area (TPSA) is 145 Å². The maximum Gasteiger partial charge on any atom is 0.280 e. The molecule has 1 saturated carbocycles. The molecule has 2 atom stereocenters. The molecule has 4 heterocycles. The Balaban J connectivity index is 1.35. The Morgan fingerprint density at radius 2 is 2.11 bits per heavy atom. The lowest BCUT2D eigenvalue weighted by atomic mass is 9.95. The van der Waals surface area contributed by atoms with Gasteiger partial charge in [-0.3, -0.25) is 19.5 Å². The number of thiazole rings is 1.